The normalized spacial score (nSPS) is 25.3. The van der Waals surface area contributed by atoms with Gasteiger partial charge in [-0.25, -0.2) is 14.4 Å². The maximum atomic E-state index is 15.8. The monoisotopic (exact) mass is 374 g/mol. The highest BCUT2D eigenvalue weighted by Crippen LogP contribution is 2.55. The summed E-state index contributed by atoms with van der Waals surface area (Å²) in [5.41, 5.74) is 3.27. The van der Waals surface area contributed by atoms with Gasteiger partial charge < -0.3 is 9.80 Å². The Morgan fingerprint density at radius 3 is 2.54 bits per heavy atom. The van der Waals surface area contributed by atoms with Gasteiger partial charge in [0, 0.05) is 24.1 Å². The fraction of sp³-hybridized carbons (Fsp3) is 0.304. The largest absolute Gasteiger partial charge is 0.349 e. The molecule has 5 heteroatoms. The van der Waals surface area contributed by atoms with E-state index in [1.165, 1.54) is 0 Å². The molecular weight excluding hydrogens is 351 g/mol. The Hall–Kier alpha value is -2.95. The number of hydrogen-bond acceptors (Lipinski definition) is 4. The zero-order valence-electron chi connectivity index (χ0n) is 16.5. The highest BCUT2D eigenvalue weighted by Gasteiger charge is 2.53. The fourth-order valence-electron chi connectivity index (χ4n) is 4.63. The number of hydrogen-bond donors (Lipinski definition) is 0. The van der Waals surface area contributed by atoms with Gasteiger partial charge in [-0.3, -0.25) is 0 Å². The zero-order chi connectivity index (χ0) is 19.6. The highest BCUT2D eigenvalue weighted by atomic mass is 19.1. The smallest absolute Gasteiger partial charge is 0.162 e. The quantitative estimate of drug-likeness (QED) is 0.586. The van der Waals surface area contributed by atoms with E-state index in [0.29, 0.717) is 5.82 Å². The molecule has 0 radical (unpaired) electrons. The van der Waals surface area contributed by atoms with Gasteiger partial charge in [0.2, 0.25) is 0 Å². The van der Waals surface area contributed by atoms with E-state index in [-0.39, 0.29) is 12.1 Å². The Labute approximate surface area is 164 Å². The molecular formula is C23H23FN4. The number of aromatic nitrogens is 2. The molecule has 4 nitrogen and oxygen atoms in total. The van der Waals surface area contributed by atoms with Crippen molar-refractivity contribution in [1.82, 2.24) is 9.97 Å². The van der Waals surface area contributed by atoms with Crippen LogP contribution in [-0.2, 0) is 5.67 Å². The third-order valence-corrected chi connectivity index (χ3v) is 6.40. The van der Waals surface area contributed by atoms with Crippen molar-refractivity contribution in [2.45, 2.75) is 32.6 Å². The van der Waals surface area contributed by atoms with Crippen LogP contribution in [0.2, 0.25) is 0 Å². The Kier molecular flexibility index (Phi) is 3.54. The Morgan fingerprint density at radius 2 is 1.75 bits per heavy atom. The lowest BCUT2D eigenvalue weighted by Gasteiger charge is -2.46. The van der Waals surface area contributed by atoms with Crippen molar-refractivity contribution >= 4 is 17.2 Å². The molecule has 3 aromatic rings. The summed E-state index contributed by atoms with van der Waals surface area (Å²) in [6, 6.07) is 15.9. The molecule has 0 spiro atoms. The minimum absolute atomic E-state index is 0.138. The van der Waals surface area contributed by atoms with Gasteiger partial charge in [-0.1, -0.05) is 49.4 Å². The van der Waals surface area contributed by atoms with Crippen LogP contribution < -0.4 is 9.80 Å². The van der Waals surface area contributed by atoms with Crippen LogP contribution in [0.1, 0.15) is 25.0 Å². The second kappa shape index (κ2) is 5.77. The highest BCUT2D eigenvalue weighted by molar-refractivity contribution is 5.84. The molecule has 5 rings (SSSR count). The van der Waals surface area contributed by atoms with Crippen LogP contribution >= 0.6 is 0 Å². The lowest BCUT2D eigenvalue weighted by Crippen LogP contribution is -2.53. The molecule has 0 saturated carbocycles. The molecule has 2 aliphatic rings. The summed E-state index contributed by atoms with van der Waals surface area (Å²) in [7, 11) is 2.00. The Balaban J connectivity index is 1.73. The minimum atomic E-state index is -1.42. The van der Waals surface area contributed by atoms with Crippen molar-refractivity contribution in [3.63, 3.8) is 0 Å². The van der Waals surface area contributed by atoms with E-state index in [1.54, 1.807) is 6.92 Å². The van der Waals surface area contributed by atoms with E-state index in [2.05, 4.69) is 27.8 Å². The summed E-state index contributed by atoms with van der Waals surface area (Å²) in [6.45, 7) is 5.73. The van der Waals surface area contributed by atoms with Crippen molar-refractivity contribution in [1.29, 1.82) is 0 Å². The number of anilines is 3. The predicted octanol–water partition coefficient (Wildman–Crippen LogP) is 5.20. The number of alkyl halides is 1. The molecule has 28 heavy (non-hydrogen) atoms. The second-order valence-corrected chi connectivity index (χ2v) is 7.99. The van der Waals surface area contributed by atoms with E-state index in [9.17, 15) is 0 Å². The van der Waals surface area contributed by atoms with Gasteiger partial charge in [0.1, 0.15) is 17.5 Å². The minimum Gasteiger partial charge on any atom is -0.349 e. The number of para-hydroxylation sites is 1. The molecule has 3 unspecified atom stereocenters. The topological polar surface area (TPSA) is 32.3 Å². The average molecular weight is 374 g/mol. The molecule has 142 valence electrons. The first-order valence-corrected chi connectivity index (χ1v) is 9.65. The summed E-state index contributed by atoms with van der Waals surface area (Å²) >= 11 is 0. The summed E-state index contributed by atoms with van der Waals surface area (Å²) in [6.07, 6.45) is 1.73. The number of halogens is 1. The van der Waals surface area contributed by atoms with Gasteiger partial charge >= 0.3 is 0 Å². The molecule has 0 N–H and O–H groups in total. The molecule has 0 saturated heterocycles. The maximum absolute atomic E-state index is 15.8. The van der Waals surface area contributed by atoms with Gasteiger partial charge in [-0.2, -0.15) is 0 Å². The Bertz CT molecular complexity index is 1080. The predicted molar refractivity (Wildman–Crippen MR) is 111 cm³/mol. The average Bonchev–Trinajstić information content (AvgIpc) is 2.99. The summed E-state index contributed by atoms with van der Waals surface area (Å²) < 4.78 is 15.8. The van der Waals surface area contributed by atoms with Gasteiger partial charge in [-0.15, -0.1) is 0 Å². The van der Waals surface area contributed by atoms with Gasteiger partial charge in [-0.05, 0) is 25.5 Å². The molecule has 3 atom stereocenters. The van der Waals surface area contributed by atoms with Crippen LogP contribution in [-0.4, -0.2) is 23.2 Å². The summed E-state index contributed by atoms with van der Waals surface area (Å²) in [5.74, 6) is 1.31. The van der Waals surface area contributed by atoms with E-state index in [0.717, 1.165) is 33.9 Å². The molecule has 2 aliphatic heterocycles. The van der Waals surface area contributed by atoms with Crippen molar-refractivity contribution in [2.24, 2.45) is 5.92 Å². The first kappa shape index (κ1) is 17.2. The van der Waals surface area contributed by atoms with Crippen molar-refractivity contribution < 1.29 is 4.39 Å². The molecule has 3 heterocycles. The van der Waals surface area contributed by atoms with E-state index in [1.807, 2.05) is 62.6 Å². The molecule has 0 amide bonds. The van der Waals surface area contributed by atoms with Gasteiger partial charge in [0.05, 0.1) is 11.9 Å². The summed E-state index contributed by atoms with van der Waals surface area (Å²) in [4.78, 5) is 13.9. The molecule has 2 aromatic carbocycles. The first-order chi connectivity index (χ1) is 13.4. The SMILES string of the molecule is Cc1ccccc1-c1ncc2c(n1)N1c3ccccc3C(C)(F)C(C)C1N2C. The lowest BCUT2D eigenvalue weighted by molar-refractivity contribution is 0.0868. The second-order valence-electron chi connectivity index (χ2n) is 7.99. The number of benzene rings is 2. The number of rotatable bonds is 1. The molecule has 0 bridgehead atoms. The third kappa shape index (κ3) is 2.16. The number of fused-ring (bicyclic) bond motifs is 5. The van der Waals surface area contributed by atoms with E-state index >= 15 is 4.39 Å². The maximum Gasteiger partial charge on any atom is 0.162 e. The first-order valence-electron chi connectivity index (χ1n) is 9.65. The number of aryl methyl sites for hydroxylation is 1. The van der Waals surface area contributed by atoms with Crippen molar-refractivity contribution in [2.75, 3.05) is 16.8 Å². The summed E-state index contributed by atoms with van der Waals surface area (Å²) in [5, 5.41) is 0. The van der Waals surface area contributed by atoms with Gasteiger partial charge in [0.25, 0.3) is 0 Å². The number of nitrogens with zero attached hydrogens (tertiary/aromatic N) is 4. The van der Waals surface area contributed by atoms with Crippen LogP contribution in [0.3, 0.4) is 0 Å². The Morgan fingerprint density at radius 1 is 1.04 bits per heavy atom. The fourth-order valence-corrected chi connectivity index (χ4v) is 4.63. The molecule has 0 fully saturated rings. The van der Waals surface area contributed by atoms with E-state index < -0.39 is 5.67 Å². The van der Waals surface area contributed by atoms with Crippen molar-refractivity contribution in [3.05, 3.63) is 65.9 Å². The zero-order valence-corrected chi connectivity index (χ0v) is 16.5. The lowest BCUT2D eigenvalue weighted by atomic mass is 9.79. The van der Waals surface area contributed by atoms with Crippen molar-refractivity contribution in [3.8, 4) is 11.4 Å². The standard InChI is InChI=1S/C23H23FN4/c1-14-9-5-6-10-16(14)20-25-13-19-21(26-20)28-18-12-8-7-11-17(18)23(3,24)15(2)22(28)27(19)4/h5-13,15,22H,1-4H3. The molecule has 0 aliphatic carbocycles. The third-order valence-electron chi connectivity index (χ3n) is 6.40. The van der Waals surface area contributed by atoms with Crippen LogP contribution in [0.4, 0.5) is 21.6 Å². The van der Waals surface area contributed by atoms with E-state index in [4.69, 9.17) is 4.98 Å². The van der Waals surface area contributed by atoms with Crippen LogP contribution in [0.5, 0.6) is 0 Å². The van der Waals surface area contributed by atoms with Crippen LogP contribution in [0.25, 0.3) is 11.4 Å². The van der Waals surface area contributed by atoms with Crippen LogP contribution in [0, 0.1) is 12.8 Å². The molecule has 1 aromatic heterocycles. The van der Waals surface area contributed by atoms with Gasteiger partial charge in [0.15, 0.2) is 11.6 Å². The van der Waals surface area contributed by atoms with Crippen LogP contribution in [0.15, 0.2) is 54.7 Å².